The predicted octanol–water partition coefficient (Wildman–Crippen LogP) is 3.68. The molecule has 0 atom stereocenters. The molecule has 0 radical (unpaired) electrons. The van der Waals surface area contributed by atoms with Crippen LogP contribution >= 0.6 is 11.3 Å². The standard InChI is InChI=1S/C21H27NO4S/c1-2-25-20(23)19-18(9-16-27-19)26-15-6-12-22-13-10-21(24,11-14-22)17-7-4-3-5-8-17/h3-5,7-9,16,24H,2,6,10-15H2,1H3. The molecule has 2 heterocycles. The molecular formula is C21H27NO4S. The van der Waals surface area contributed by atoms with Gasteiger partial charge in [0.1, 0.15) is 5.75 Å². The molecule has 0 saturated carbocycles. The zero-order valence-electron chi connectivity index (χ0n) is 15.7. The van der Waals surface area contributed by atoms with Crippen LogP contribution in [0.3, 0.4) is 0 Å². The maximum absolute atomic E-state index is 11.9. The summed E-state index contributed by atoms with van der Waals surface area (Å²) in [6.07, 6.45) is 2.37. The van der Waals surface area contributed by atoms with Crippen molar-refractivity contribution in [3.8, 4) is 5.75 Å². The van der Waals surface area contributed by atoms with E-state index in [1.165, 1.54) is 11.3 Å². The molecule has 3 rings (SSSR count). The largest absolute Gasteiger partial charge is 0.492 e. The fraction of sp³-hybridized carbons (Fsp3) is 0.476. The average Bonchev–Trinajstić information content (AvgIpc) is 3.16. The highest BCUT2D eigenvalue weighted by Crippen LogP contribution is 2.32. The molecule has 1 N–H and O–H groups in total. The van der Waals surface area contributed by atoms with E-state index < -0.39 is 5.60 Å². The normalized spacial score (nSPS) is 16.8. The lowest BCUT2D eigenvalue weighted by Crippen LogP contribution is -2.43. The quantitative estimate of drug-likeness (QED) is 0.551. The molecule has 1 fully saturated rings. The number of carbonyl (C=O) groups is 1. The molecule has 0 aliphatic carbocycles. The van der Waals surface area contributed by atoms with Crippen LogP contribution in [0.15, 0.2) is 41.8 Å². The minimum absolute atomic E-state index is 0.321. The van der Waals surface area contributed by atoms with Gasteiger partial charge in [0.05, 0.1) is 18.8 Å². The first-order valence-corrected chi connectivity index (χ1v) is 10.4. The van der Waals surface area contributed by atoms with E-state index in [-0.39, 0.29) is 5.97 Å². The molecule has 0 bridgehead atoms. The number of likely N-dealkylation sites (tertiary alicyclic amines) is 1. The number of ether oxygens (including phenoxy) is 2. The molecule has 27 heavy (non-hydrogen) atoms. The summed E-state index contributed by atoms with van der Waals surface area (Å²) < 4.78 is 10.8. The summed E-state index contributed by atoms with van der Waals surface area (Å²) in [5, 5.41) is 12.7. The molecule has 5 nitrogen and oxygen atoms in total. The van der Waals surface area contributed by atoms with Crippen molar-refractivity contribution < 1.29 is 19.4 Å². The Morgan fingerprint density at radius 3 is 2.67 bits per heavy atom. The van der Waals surface area contributed by atoms with Gasteiger partial charge in [0.15, 0.2) is 4.88 Å². The SMILES string of the molecule is CCOC(=O)c1sccc1OCCCN1CCC(O)(c2ccccc2)CC1. The van der Waals surface area contributed by atoms with Crippen molar-refractivity contribution >= 4 is 17.3 Å². The van der Waals surface area contributed by atoms with Crippen LogP contribution in [0.4, 0.5) is 0 Å². The minimum Gasteiger partial charge on any atom is -0.492 e. The number of nitrogens with zero attached hydrogens (tertiary/aromatic N) is 1. The van der Waals surface area contributed by atoms with Crippen molar-refractivity contribution in [3.05, 3.63) is 52.2 Å². The summed E-state index contributed by atoms with van der Waals surface area (Å²) in [4.78, 5) is 14.8. The first-order chi connectivity index (χ1) is 13.1. The predicted molar refractivity (Wildman–Crippen MR) is 106 cm³/mol. The van der Waals surface area contributed by atoms with Gasteiger partial charge in [-0.15, -0.1) is 11.3 Å². The number of rotatable bonds is 8. The highest BCUT2D eigenvalue weighted by Gasteiger charge is 2.33. The number of hydrogen-bond acceptors (Lipinski definition) is 6. The van der Waals surface area contributed by atoms with Crippen LogP contribution in [-0.4, -0.2) is 48.8 Å². The summed E-state index contributed by atoms with van der Waals surface area (Å²) in [5.41, 5.74) is 0.302. The monoisotopic (exact) mass is 389 g/mol. The third-order valence-corrected chi connectivity index (χ3v) is 5.84. The van der Waals surface area contributed by atoms with Gasteiger partial charge in [-0.2, -0.15) is 0 Å². The summed E-state index contributed by atoms with van der Waals surface area (Å²) in [7, 11) is 0. The van der Waals surface area contributed by atoms with Crippen molar-refractivity contribution in [1.29, 1.82) is 0 Å². The second-order valence-electron chi connectivity index (χ2n) is 6.78. The topological polar surface area (TPSA) is 59.0 Å². The van der Waals surface area contributed by atoms with Crippen LogP contribution in [0.5, 0.6) is 5.75 Å². The molecule has 0 unspecified atom stereocenters. The highest BCUT2D eigenvalue weighted by atomic mass is 32.1. The first kappa shape index (κ1) is 19.9. The van der Waals surface area contributed by atoms with E-state index in [9.17, 15) is 9.90 Å². The van der Waals surface area contributed by atoms with Crippen molar-refractivity contribution in [2.45, 2.75) is 31.8 Å². The van der Waals surface area contributed by atoms with Gasteiger partial charge in [-0.05, 0) is 43.2 Å². The van der Waals surface area contributed by atoms with Gasteiger partial charge in [0.2, 0.25) is 0 Å². The van der Waals surface area contributed by atoms with Crippen molar-refractivity contribution in [1.82, 2.24) is 4.90 Å². The van der Waals surface area contributed by atoms with Crippen LogP contribution in [0.1, 0.15) is 41.4 Å². The molecule has 0 spiro atoms. The van der Waals surface area contributed by atoms with Gasteiger partial charge in [-0.3, -0.25) is 0 Å². The zero-order valence-corrected chi connectivity index (χ0v) is 16.5. The Hall–Kier alpha value is -1.89. The van der Waals surface area contributed by atoms with E-state index in [1.807, 2.05) is 41.8 Å². The van der Waals surface area contributed by atoms with Gasteiger partial charge in [-0.1, -0.05) is 30.3 Å². The van der Waals surface area contributed by atoms with E-state index in [0.717, 1.165) is 44.5 Å². The number of hydrogen-bond donors (Lipinski definition) is 1. The van der Waals surface area contributed by atoms with E-state index in [0.29, 0.717) is 23.8 Å². The molecule has 146 valence electrons. The second kappa shape index (κ2) is 9.35. The Kier molecular flexibility index (Phi) is 6.88. The Morgan fingerprint density at radius 1 is 1.22 bits per heavy atom. The molecule has 1 aromatic heterocycles. The number of esters is 1. The number of carbonyl (C=O) groups excluding carboxylic acids is 1. The van der Waals surface area contributed by atoms with Gasteiger partial charge in [0.25, 0.3) is 0 Å². The van der Waals surface area contributed by atoms with Crippen LogP contribution in [0, 0.1) is 0 Å². The number of thiophene rings is 1. The number of aliphatic hydroxyl groups is 1. The summed E-state index contributed by atoms with van der Waals surface area (Å²) in [6.45, 7) is 5.38. The first-order valence-electron chi connectivity index (χ1n) is 9.50. The maximum atomic E-state index is 11.9. The third-order valence-electron chi connectivity index (χ3n) is 4.96. The van der Waals surface area contributed by atoms with E-state index >= 15 is 0 Å². The summed E-state index contributed by atoms with van der Waals surface area (Å²) in [5.74, 6) is 0.286. The van der Waals surface area contributed by atoms with E-state index in [4.69, 9.17) is 9.47 Å². The number of benzene rings is 1. The van der Waals surface area contributed by atoms with Crippen LogP contribution in [0.25, 0.3) is 0 Å². The third kappa shape index (κ3) is 5.09. The van der Waals surface area contributed by atoms with Gasteiger partial charge in [-0.25, -0.2) is 4.79 Å². The lowest BCUT2D eigenvalue weighted by molar-refractivity contribution is -0.0264. The summed E-state index contributed by atoms with van der Waals surface area (Å²) in [6, 6.07) is 11.8. The fourth-order valence-electron chi connectivity index (χ4n) is 3.41. The second-order valence-corrected chi connectivity index (χ2v) is 7.69. The van der Waals surface area contributed by atoms with Crippen LogP contribution in [-0.2, 0) is 10.3 Å². The van der Waals surface area contributed by atoms with Gasteiger partial charge >= 0.3 is 5.97 Å². The Balaban J connectivity index is 1.40. The molecule has 6 heteroatoms. The van der Waals surface area contributed by atoms with Crippen molar-refractivity contribution in [2.24, 2.45) is 0 Å². The Morgan fingerprint density at radius 2 is 1.96 bits per heavy atom. The number of piperidine rings is 1. The van der Waals surface area contributed by atoms with Crippen molar-refractivity contribution in [3.63, 3.8) is 0 Å². The molecule has 2 aromatic rings. The van der Waals surface area contributed by atoms with E-state index in [1.54, 1.807) is 6.92 Å². The smallest absolute Gasteiger partial charge is 0.352 e. The van der Waals surface area contributed by atoms with Gasteiger partial charge in [0, 0.05) is 19.6 Å². The lowest BCUT2D eigenvalue weighted by atomic mass is 9.84. The molecule has 1 aliphatic heterocycles. The van der Waals surface area contributed by atoms with E-state index in [2.05, 4.69) is 4.90 Å². The molecular weight excluding hydrogens is 362 g/mol. The molecule has 1 saturated heterocycles. The zero-order chi connectivity index (χ0) is 19.1. The van der Waals surface area contributed by atoms with Gasteiger partial charge < -0.3 is 19.5 Å². The fourth-order valence-corrected chi connectivity index (χ4v) is 4.14. The Bertz CT molecular complexity index is 723. The Labute approximate surface area is 164 Å². The average molecular weight is 390 g/mol. The molecule has 1 aliphatic rings. The molecule has 1 aromatic carbocycles. The van der Waals surface area contributed by atoms with Crippen molar-refractivity contribution in [2.75, 3.05) is 32.8 Å². The minimum atomic E-state index is -0.709. The highest BCUT2D eigenvalue weighted by molar-refractivity contribution is 7.12. The maximum Gasteiger partial charge on any atom is 0.352 e. The molecule has 0 amide bonds. The summed E-state index contributed by atoms with van der Waals surface area (Å²) >= 11 is 1.34. The van der Waals surface area contributed by atoms with Crippen LogP contribution < -0.4 is 4.74 Å². The lowest BCUT2D eigenvalue weighted by Gasteiger charge is -2.38. The van der Waals surface area contributed by atoms with Crippen LogP contribution in [0.2, 0.25) is 0 Å².